The lowest BCUT2D eigenvalue weighted by Crippen LogP contribution is -2.11. The molecule has 0 aliphatic rings. The maximum absolute atomic E-state index is 5.29. The summed E-state index contributed by atoms with van der Waals surface area (Å²) < 4.78 is 3.13. The Bertz CT molecular complexity index is 482. The fourth-order valence-corrected chi connectivity index (χ4v) is 1.82. The fourth-order valence-electron chi connectivity index (χ4n) is 1.04. The topological polar surface area (TPSA) is 81.6 Å². The molecule has 2 rings (SSSR count). The van der Waals surface area contributed by atoms with Gasteiger partial charge in [-0.2, -0.15) is 5.10 Å². The van der Waals surface area contributed by atoms with Crippen molar-refractivity contribution in [2.75, 3.05) is 5.43 Å². The molecule has 0 spiro atoms. The van der Waals surface area contributed by atoms with Gasteiger partial charge in [-0.3, -0.25) is 0 Å². The third-order valence-electron chi connectivity index (χ3n) is 1.68. The normalized spacial score (nSPS) is 10.3. The van der Waals surface area contributed by atoms with E-state index in [1.165, 1.54) is 6.33 Å². The Kier molecular flexibility index (Phi) is 2.98. The van der Waals surface area contributed by atoms with E-state index in [9.17, 15) is 0 Å². The average molecular weight is 334 g/mol. The summed E-state index contributed by atoms with van der Waals surface area (Å²) in [6.07, 6.45) is 4.86. The number of hydrogen-bond donors (Lipinski definition) is 2. The lowest BCUT2D eigenvalue weighted by molar-refractivity contribution is 0.833. The molecule has 2 aromatic heterocycles. The molecule has 0 saturated heterocycles. The van der Waals surface area contributed by atoms with Crippen molar-refractivity contribution in [2.45, 2.75) is 0 Å². The van der Waals surface area contributed by atoms with Crippen LogP contribution in [-0.4, -0.2) is 19.7 Å². The van der Waals surface area contributed by atoms with Gasteiger partial charge in [-0.25, -0.2) is 20.5 Å². The molecule has 2 aromatic rings. The number of nitrogens with two attached hydrogens (primary N) is 1. The summed E-state index contributed by atoms with van der Waals surface area (Å²) in [5, 5.41) is 4.10. The first kappa shape index (κ1) is 10.5. The van der Waals surface area contributed by atoms with Gasteiger partial charge < -0.3 is 5.43 Å². The van der Waals surface area contributed by atoms with Crippen LogP contribution in [0.4, 0.5) is 5.82 Å². The number of rotatable bonds is 2. The van der Waals surface area contributed by atoms with E-state index in [0.29, 0.717) is 16.1 Å². The summed E-state index contributed by atoms with van der Waals surface area (Å²) in [5.41, 5.74) is 2.46. The largest absolute Gasteiger partial charge is 0.307 e. The Morgan fingerprint density at radius 3 is 2.73 bits per heavy atom. The molecule has 0 atom stereocenters. The molecule has 15 heavy (non-hydrogen) atoms. The first-order valence-corrected chi connectivity index (χ1v) is 5.48. The smallest absolute Gasteiger partial charge is 0.173 e. The van der Waals surface area contributed by atoms with Crippen LogP contribution in [0.25, 0.3) is 5.82 Å². The molecule has 78 valence electrons. The van der Waals surface area contributed by atoms with Gasteiger partial charge in [-0.1, -0.05) is 0 Å². The van der Waals surface area contributed by atoms with Crippen LogP contribution >= 0.6 is 31.9 Å². The number of aromatic nitrogens is 4. The van der Waals surface area contributed by atoms with Gasteiger partial charge in [0.05, 0.1) is 10.7 Å². The van der Waals surface area contributed by atoms with Crippen LogP contribution in [0.1, 0.15) is 0 Å². The number of hydrogen-bond acceptors (Lipinski definition) is 5. The standard InChI is InChI=1S/C7H6Br2N6/c8-4-1-13-15(2-4)7-5(9)6(14-10)11-3-12-7/h1-3H,10H2,(H,11,12,14). The number of halogens is 2. The van der Waals surface area contributed by atoms with Crippen molar-refractivity contribution in [2.24, 2.45) is 5.84 Å². The number of hydrazine groups is 1. The van der Waals surface area contributed by atoms with E-state index in [2.05, 4.69) is 52.4 Å². The predicted octanol–water partition coefficient (Wildman–Crippen LogP) is 1.47. The van der Waals surface area contributed by atoms with Crippen LogP contribution in [0.5, 0.6) is 0 Å². The number of nitrogens with zero attached hydrogens (tertiary/aromatic N) is 4. The first-order valence-electron chi connectivity index (χ1n) is 3.90. The molecule has 0 amide bonds. The van der Waals surface area contributed by atoms with Gasteiger partial charge in [0.2, 0.25) is 0 Å². The molecule has 0 saturated carbocycles. The molecule has 3 N–H and O–H groups in total. The van der Waals surface area contributed by atoms with Gasteiger partial charge >= 0.3 is 0 Å². The van der Waals surface area contributed by atoms with E-state index >= 15 is 0 Å². The van der Waals surface area contributed by atoms with Gasteiger partial charge in [0.1, 0.15) is 10.8 Å². The molecule has 2 heterocycles. The zero-order valence-electron chi connectivity index (χ0n) is 7.35. The van der Waals surface area contributed by atoms with Crippen LogP contribution < -0.4 is 11.3 Å². The molecule has 6 nitrogen and oxygen atoms in total. The summed E-state index contributed by atoms with van der Waals surface area (Å²) in [6, 6.07) is 0. The molecule has 0 fully saturated rings. The molecule has 0 aromatic carbocycles. The highest BCUT2D eigenvalue weighted by Crippen LogP contribution is 2.24. The Morgan fingerprint density at radius 2 is 2.13 bits per heavy atom. The van der Waals surface area contributed by atoms with Crippen molar-refractivity contribution < 1.29 is 0 Å². The zero-order valence-corrected chi connectivity index (χ0v) is 10.5. The van der Waals surface area contributed by atoms with Crippen LogP contribution in [0.2, 0.25) is 0 Å². The summed E-state index contributed by atoms with van der Waals surface area (Å²) in [4.78, 5) is 8.04. The van der Waals surface area contributed by atoms with E-state index in [0.717, 1.165) is 4.47 Å². The first-order chi connectivity index (χ1) is 7.22. The van der Waals surface area contributed by atoms with Crippen molar-refractivity contribution in [1.82, 2.24) is 19.7 Å². The molecular weight excluding hydrogens is 328 g/mol. The predicted molar refractivity (Wildman–Crippen MR) is 62.4 cm³/mol. The van der Waals surface area contributed by atoms with Gasteiger partial charge in [0.15, 0.2) is 11.6 Å². The Hall–Kier alpha value is -0.990. The minimum Gasteiger partial charge on any atom is -0.307 e. The second-order valence-electron chi connectivity index (χ2n) is 2.61. The lowest BCUT2D eigenvalue weighted by atomic mass is 10.5. The van der Waals surface area contributed by atoms with E-state index in [1.54, 1.807) is 17.1 Å². The molecule has 0 bridgehead atoms. The maximum Gasteiger partial charge on any atom is 0.173 e. The van der Waals surface area contributed by atoms with Gasteiger partial charge in [-0.15, -0.1) is 0 Å². The molecular formula is C7H6Br2N6. The van der Waals surface area contributed by atoms with E-state index < -0.39 is 0 Å². The van der Waals surface area contributed by atoms with Gasteiger partial charge in [0, 0.05) is 6.20 Å². The maximum atomic E-state index is 5.29. The summed E-state index contributed by atoms with van der Waals surface area (Å²) in [6.45, 7) is 0. The quantitative estimate of drug-likeness (QED) is 0.642. The Balaban J connectivity index is 2.53. The van der Waals surface area contributed by atoms with Crippen LogP contribution in [0, 0.1) is 0 Å². The van der Waals surface area contributed by atoms with Crippen molar-refractivity contribution in [3.05, 3.63) is 27.7 Å². The van der Waals surface area contributed by atoms with Crippen molar-refractivity contribution in [3.63, 3.8) is 0 Å². The zero-order chi connectivity index (χ0) is 10.8. The molecule has 0 aliphatic heterocycles. The van der Waals surface area contributed by atoms with Gasteiger partial charge in [-0.05, 0) is 31.9 Å². The van der Waals surface area contributed by atoms with E-state index in [-0.39, 0.29) is 0 Å². The lowest BCUT2D eigenvalue weighted by Gasteiger charge is -2.06. The van der Waals surface area contributed by atoms with Gasteiger partial charge in [0.25, 0.3) is 0 Å². The second kappa shape index (κ2) is 4.25. The van der Waals surface area contributed by atoms with Crippen molar-refractivity contribution in [1.29, 1.82) is 0 Å². The monoisotopic (exact) mass is 332 g/mol. The van der Waals surface area contributed by atoms with E-state index in [1.807, 2.05) is 0 Å². The number of anilines is 1. The minimum absolute atomic E-state index is 0.506. The third kappa shape index (κ3) is 2.01. The molecule has 0 radical (unpaired) electrons. The SMILES string of the molecule is NNc1ncnc(-n2cc(Br)cn2)c1Br. The fraction of sp³-hybridized carbons (Fsp3) is 0. The van der Waals surface area contributed by atoms with Crippen LogP contribution in [0.3, 0.4) is 0 Å². The summed E-state index contributed by atoms with van der Waals surface area (Å²) in [7, 11) is 0. The highest BCUT2D eigenvalue weighted by atomic mass is 79.9. The Morgan fingerprint density at radius 1 is 1.33 bits per heavy atom. The summed E-state index contributed by atoms with van der Waals surface area (Å²) in [5.74, 6) is 6.41. The Labute approximate surface area is 102 Å². The molecule has 0 unspecified atom stereocenters. The molecule has 0 aliphatic carbocycles. The highest BCUT2D eigenvalue weighted by molar-refractivity contribution is 9.11. The van der Waals surface area contributed by atoms with Crippen LogP contribution in [0.15, 0.2) is 27.7 Å². The average Bonchev–Trinajstić information content (AvgIpc) is 2.65. The van der Waals surface area contributed by atoms with Crippen LogP contribution in [-0.2, 0) is 0 Å². The minimum atomic E-state index is 0.506. The third-order valence-corrected chi connectivity index (χ3v) is 2.82. The number of nitrogens with one attached hydrogen (secondary N) is 1. The highest BCUT2D eigenvalue weighted by Gasteiger charge is 2.10. The molecule has 8 heteroatoms. The second-order valence-corrected chi connectivity index (χ2v) is 4.32. The van der Waals surface area contributed by atoms with E-state index in [4.69, 9.17) is 5.84 Å². The number of nitrogen functional groups attached to an aromatic ring is 1. The van der Waals surface area contributed by atoms with Crippen molar-refractivity contribution in [3.8, 4) is 5.82 Å². The summed E-state index contributed by atoms with van der Waals surface area (Å²) >= 11 is 6.65. The van der Waals surface area contributed by atoms with Crippen molar-refractivity contribution >= 4 is 37.7 Å².